The van der Waals surface area contributed by atoms with Gasteiger partial charge in [-0.05, 0) is 125 Å². The lowest BCUT2D eigenvalue weighted by Gasteiger charge is -2.15. The number of nitrogens with zero attached hydrogens (tertiary/aromatic N) is 5. The number of hydrogen-bond acceptors (Lipinski definition) is 10. The van der Waals surface area contributed by atoms with Gasteiger partial charge < -0.3 is 32.3 Å². The number of anilines is 2. The molecule has 6 aromatic rings. The van der Waals surface area contributed by atoms with Gasteiger partial charge in [0.2, 0.25) is 11.6 Å². The highest BCUT2D eigenvalue weighted by atomic mass is 16.2. The number of amides is 4. The number of imidazole rings is 2. The van der Waals surface area contributed by atoms with Gasteiger partial charge in [-0.15, -0.1) is 0 Å². The Morgan fingerprint density at radius 1 is 0.507 bits per heavy atom. The van der Waals surface area contributed by atoms with Crippen LogP contribution in [0.4, 0.5) is 11.6 Å². The Kier molecular flexibility index (Phi) is 12.3. The zero-order chi connectivity index (χ0) is 46.9. The second-order valence-corrected chi connectivity index (χ2v) is 17.8. The number of aromatic nitrogens is 4. The van der Waals surface area contributed by atoms with E-state index in [2.05, 4.69) is 25.9 Å². The van der Waals surface area contributed by atoms with E-state index >= 15 is 0 Å². The van der Waals surface area contributed by atoms with Crippen LogP contribution in [0.2, 0.25) is 0 Å². The van der Waals surface area contributed by atoms with Crippen LogP contribution in [0.25, 0.3) is 11.4 Å². The molecule has 16 heteroatoms. The van der Waals surface area contributed by atoms with Gasteiger partial charge in [-0.2, -0.15) is 0 Å². The van der Waals surface area contributed by atoms with Gasteiger partial charge in [-0.25, -0.2) is 9.97 Å². The second-order valence-electron chi connectivity index (χ2n) is 17.8. The number of benzene rings is 4. The summed E-state index contributed by atoms with van der Waals surface area (Å²) in [5, 5.41) is 8.88. The molecule has 0 unspecified atom stereocenters. The molecule has 0 radical (unpaired) electrons. The van der Waals surface area contributed by atoms with Crippen LogP contribution in [0.15, 0.2) is 97.6 Å². The summed E-state index contributed by atoms with van der Waals surface area (Å²) in [6.45, 7) is 5.30. The van der Waals surface area contributed by atoms with Gasteiger partial charge >= 0.3 is 0 Å². The smallest absolute Gasteiger partial charge is 0.253 e. The molecule has 10 rings (SSSR count). The Morgan fingerprint density at radius 2 is 0.881 bits per heavy atom. The molecule has 0 bridgehead atoms. The molecule has 7 N–H and O–H groups in total. The van der Waals surface area contributed by atoms with Gasteiger partial charge in [0.05, 0.1) is 11.4 Å². The Balaban J connectivity index is 0.000000168. The SMILES string of the molecule is Cc1ccc(C(=O)NC2CC2)cc1-n1cnc(C(=O)c2cccc(C(=O)N3CCCC3)c2)c1N.Cc1ccc(C(=O)NC2CC2)cc1-n1cnc(C(=O)c2cccc(C(=O)NC3CC3)c2)c1N. The highest BCUT2D eigenvalue weighted by molar-refractivity contribution is 6.12. The summed E-state index contributed by atoms with van der Waals surface area (Å²) in [7, 11) is 0. The predicted octanol–water partition coefficient (Wildman–Crippen LogP) is 5.90. The molecule has 3 aliphatic carbocycles. The zero-order valence-electron chi connectivity index (χ0n) is 37.4. The van der Waals surface area contributed by atoms with Gasteiger partial charge in [-0.1, -0.05) is 36.4 Å². The summed E-state index contributed by atoms with van der Waals surface area (Å²) in [6, 6.07) is 24.8. The summed E-state index contributed by atoms with van der Waals surface area (Å²) in [5.41, 5.74) is 18.7. The number of rotatable bonds is 13. The highest BCUT2D eigenvalue weighted by Crippen LogP contribution is 2.28. The van der Waals surface area contributed by atoms with Crippen LogP contribution in [0.1, 0.15) is 136 Å². The number of hydrogen-bond donors (Lipinski definition) is 5. The highest BCUT2D eigenvalue weighted by Gasteiger charge is 2.28. The molecule has 4 fully saturated rings. The number of nitrogens with one attached hydrogen (secondary N) is 3. The van der Waals surface area contributed by atoms with Crippen molar-refractivity contribution in [1.29, 1.82) is 0 Å². The van der Waals surface area contributed by atoms with E-state index in [0.29, 0.717) is 44.8 Å². The number of carbonyl (C=O) groups is 6. The van der Waals surface area contributed by atoms with E-state index in [1.165, 1.54) is 12.7 Å². The standard InChI is InChI=1S/C26H27N5O3.C25H25N5O3/c1-16-7-8-18(25(33)29-20-9-10-20)14-21(16)31-15-28-22(24(31)27)23(32)17-5-4-6-19(13-17)26(34)30-11-2-3-12-30;1-14-5-6-17(25(33)29-19-9-10-19)12-20(14)30-13-27-21(23(30)26)22(31)15-3-2-4-16(11-15)24(32)28-18-7-8-18/h4-8,13-15,20H,2-3,9-12,27H2,1H3,(H,29,33);2-6,11-13,18-19H,7-10,26H2,1H3,(H,28,32)(H,29,33). The molecule has 3 saturated carbocycles. The topological polar surface area (TPSA) is 229 Å². The fourth-order valence-corrected chi connectivity index (χ4v) is 7.93. The van der Waals surface area contributed by atoms with Gasteiger partial charge in [0, 0.05) is 64.6 Å². The van der Waals surface area contributed by atoms with Crippen molar-refractivity contribution in [3.8, 4) is 11.4 Å². The molecule has 4 aromatic carbocycles. The van der Waals surface area contributed by atoms with Crippen molar-refractivity contribution in [2.75, 3.05) is 24.6 Å². The predicted molar refractivity (Wildman–Crippen MR) is 252 cm³/mol. The molecule has 4 aliphatic rings. The van der Waals surface area contributed by atoms with E-state index in [-0.39, 0.29) is 76.3 Å². The lowest BCUT2D eigenvalue weighted by atomic mass is 10.0. The third-order valence-corrected chi connectivity index (χ3v) is 12.4. The van der Waals surface area contributed by atoms with Gasteiger partial charge in [-0.3, -0.25) is 37.9 Å². The first-order valence-corrected chi connectivity index (χ1v) is 22.7. The maximum absolute atomic E-state index is 13.3. The monoisotopic (exact) mass is 900 g/mol. The van der Waals surface area contributed by atoms with Crippen molar-refractivity contribution in [1.82, 2.24) is 40.0 Å². The first-order valence-electron chi connectivity index (χ1n) is 22.7. The lowest BCUT2D eigenvalue weighted by molar-refractivity contribution is 0.0791. The van der Waals surface area contributed by atoms with Crippen molar-refractivity contribution in [2.24, 2.45) is 0 Å². The molecule has 16 nitrogen and oxygen atoms in total. The lowest BCUT2D eigenvalue weighted by Crippen LogP contribution is -2.27. The molecular weight excluding hydrogens is 849 g/mol. The molecule has 0 atom stereocenters. The summed E-state index contributed by atoms with van der Waals surface area (Å²) in [6.07, 6.45) is 11.0. The van der Waals surface area contributed by atoms with Gasteiger partial charge in [0.1, 0.15) is 24.3 Å². The summed E-state index contributed by atoms with van der Waals surface area (Å²) in [4.78, 5) is 86.9. The molecule has 342 valence electrons. The normalized spacial score (nSPS) is 15.3. The minimum Gasteiger partial charge on any atom is -0.383 e. The van der Waals surface area contributed by atoms with Crippen LogP contribution < -0.4 is 27.4 Å². The Morgan fingerprint density at radius 3 is 1.30 bits per heavy atom. The third-order valence-electron chi connectivity index (χ3n) is 12.4. The fraction of sp³-hybridized carbons (Fsp3) is 0.294. The summed E-state index contributed by atoms with van der Waals surface area (Å²) in [5.74, 6) is -0.876. The minimum absolute atomic E-state index is 0.0671. The molecule has 2 aromatic heterocycles. The van der Waals surface area contributed by atoms with Crippen molar-refractivity contribution in [2.45, 2.75) is 83.3 Å². The van der Waals surface area contributed by atoms with E-state index < -0.39 is 0 Å². The maximum atomic E-state index is 13.3. The van der Waals surface area contributed by atoms with E-state index in [9.17, 15) is 28.8 Å². The van der Waals surface area contributed by atoms with Crippen molar-refractivity contribution >= 4 is 46.8 Å². The van der Waals surface area contributed by atoms with E-state index in [4.69, 9.17) is 11.5 Å². The van der Waals surface area contributed by atoms with Gasteiger partial charge in [0.15, 0.2) is 11.4 Å². The quantitative estimate of drug-likeness (QED) is 0.0862. The van der Waals surface area contributed by atoms with Crippen LogP contribution in [0.3, 0.4) is 0 Å². The third kappa shape index (κ3) is 9.88. The molecule has 67 heavy (non-hydrogen) atoms. The van der Waals surface area contributed by atoms with E-state index in [0.717, 1.165) is 75.6 Å². The molecule has 1 aliphatic heterocycles. The van der Waals surface area contributed by atoms with Crippen molar-refractivity contribution < 1.29 is 28.8 Å². The molecule has 3 heterocycles. The maximum Gasteiger partial charge on any atom is 0.253 e. The van der Waals surface area contributed by atoms with E-state index in [1.807, 2.05) is 30.9 Å². The van der Waals surface area contributed by atoms with Crippen molar-refractivity contribution in [3.63, 3.8) is 0 Å². The van der Waals surface area contributed by atoms with Crippen LogP contribution >= 0.6 is 0 Å². The zero-order valence-corrected chi connectivity index (χ0v) is 37.4. The Labute approximate surface area is 387 Å². The number of carbonyl (C=O) groups excluding carboxylic acids is 6. The first kappa shape index (κ1) is 44.3. The Hall–Kier alpha value is -7.88. The molecule has 0 spiro atoms. The fourth-order valence-electron chi connectivity index (χ4n) is 7.93. The Bertz CT molecular complexity index is 2950. The number of likely N-dealkylation sites (tertiary alicyclic amines) is 1. The van der Waals surface area contributed by atoms with Crippen LogP contribution in [0.5, 0.6) is 0 Å². The minimum atomic E-state index is -0.368. The molecule has 4 amide bonds. The van der Waals surface area contributed by atoms with Crippen LogP contribution in [-0.2, 0) is 0 Å². The average molecular weight is 901 g/mol. The second kappa shape index (κ2) is 18.5. The number of nitrogen functional groups attached to an aromatic ring is 2. The molecular formula is C51H52N10O6. The van der Waals surface area contributed by atoms with Crippen LogP contribution in [0, 0.1) is 13.8 Å². The van der Waals surface area contributed by atoms with Gasteiger partial charge in [0.25, 0.3) is 23.6 Å². The summed E-state index contributed by atoms with van der Waals surface area (Å²) >= 11 is 0. The number of aryl methyl sites for hydroxylation is 2. The molecule has 1 saturated heterocycles. The van der Waals surface area contributed by atoms with Crippen molar-refractivity contribution in [3.05, 3.63) is 153 Å². The summed E-state index contributed by atoms with van der Waals surface area (Å²) < 4.78 is 3.23. The van der Waals surface area contributed by atoms with E-state index in [1.54, 1.807) is 81.9 Å². The largest absolute Gasteiger partial charge is 0.383 e. The first-order chi connectivity index (χ1) is 32.3. The number of ketones is 2. The number of nitrogens with two attached hydrogens (primary N) is 2. The van der Waals surface area contributed by atoms with Crippen LogP contribution in [-0.4, -0.2) is 90.4 Å². The average Bonchev–Trinajstić information content (AvgIpc) is 4.31.